The molecule has 0 radical (unpaired) electrons. The third-order valence-electron chi connectivity index (χ3n) is 5.32. The average Bonchev–Trinajstić information content (AvgIpc) is 3.24. The van der Waals surface area contributed by atoms with Gasteiger partial charge in [0.15, 0.2) is 10.8 Å². The van der Waals surface area contributed by atoms with Gasteiger partial charge in [-0.1, -0.05) is 38.1 Å². The number of anilines is 1. The minimum Gasteiger partial charge on any atom is -0.302 e. The molecule has 1 aromatic carbocycles. The minimum absolute atomic E-state index is 0.0989. The highest BCUT2D eigenvalue weighted by Gasteiger charge is 2.17. The molecule has 0 spiro atoms. The first-order valence-corrected chi connectivity index (χ1v) is 11.4. The number of aryl methyl sites for hydroxylation is 1. The Bertz CT molecular complexity index is 1450. The number of nitrogens with one attached hydrogen (secondary N) is 1. The fourth-order valence-electron chi connectivity index (χ4n) is 3.67. The van der Waals surface area contributed by atoms with E-state index in [4.69, 9.17) is 0 Å². The maximum absolute atomic E-state index is 12.7. The number of nitrogens with zero attached hydrogens (tertiary/aromatic N) is 5. The second kappa shape index (κ2) is 9.07. The zero-order valence-electron chi connectivity index (χ0n) is 18.8. The molecule has 0 aliphatic rings. The Morgan fingerprint density at radius 2 is 1.85 bits per heavy atom. The fourth-order valence-corrected chi connectivity index (χ4v) is 4.40. The Hall–Kier alpha value is -3.66. The van der Waals surface area contributed by atoms with Crippen LogP contribution in [0, 0.1) is 5.92 Å². The molecule has 170 valence electrons. The molecule has 9 nitrogen and oxygen atoms in total. The molecule has 0 atom stereocenters. The van der Waals surface area contributed by atoms with Crippen molar-refractivity contribution >= 4 is 33.4 Å². The van der Waals surface area contributed by atoms with Crippen molar-refractivity contribution in [2.75, 3.05) is 5.32 Å². The lowest BCUT2D eigenvalue weighted by Gasteiger charge is -2.09. The first kappa shape index (κ1) is 22.5. The van der Waals surface area contributed by atoms with Gasteiger partial charge in [-0.2, -0.15) is 5.10 Å². The van der Waals surface area contributed by atoms with Crippen LogP contribution < -0.4 is 16.6 Å². The van der Waals surface area contributed by atoms with Crippen molar-refractivity contribution in [2.24, 2.45) is 20.0 Å². The Labute approximate surface area is 193 Å². The van der Waals surface area contributed by atoms with Crippen LogP contribution in [-0.4, -0.2) is 30.2 Å². The van der Waals surface area contributed by atoms with Crippen LogP contribution in [-0.2, 0) is 31.7 Å². The smallest absolute Gasteiger partial charge is 0.302 e. The van der Waals surface area contributed by atoms with Gasteiger partial charge >= 0.3 is 5.69 Å². The summed E-state index contributed by atoms with van der Waals surface area (Å²) in [6, 6.07) is 8.27. The summed E-state index contributed by atoms with van der Waals surface area (Å²) in [5, 5.41) is 13.1. The lowest BCUT2D eigenvalue weighted by atomic mass is 10.0. The van der Waals surface area contributed by atoms with Gasteiger partial charge in [-0.05, 0) is 23.5 Å². The SMILES string of the molecule is CC(C)Cc1ccc(-c2csc(NC(=O)Cc3cnnc4c3c(=O)n(C)c(=O)n4C)n2)cc1. The number of amides is 1. The van der Waals surface area contributed by atoms with E-state index in [9.17, 15) is 14.4 Å². The number of fused-ring (bicyclic) bond motifs is 1. The molecule has 0 fully saturated rings. The number of rotatable bonds is 6. The number of aromatic nitrogens is 5. The summed E-state index contributed by atoms with van der Waals surface area (Å²) in [6.45, 7) is 4.38. The normalized spacial score (nSPS) is 11.3. The van der Waals surface area contributed by atoms with E-state index in [0.717, 1.165) is 22.2 Å². The molecular formula is C23H24N6O3S. The summed E-state index contributed by atoms with van der Waals surface area (Å²) in [4.78, 5) is 42.0. The van der Waals surface area contributed by atoms with Gasteiger partial charge in [0.05, 0.1) is 23.7 Å². The van der Waals surface area contributed by atoms with Crippen LogP contribution in [0.1, 0.15) is 25.0 Å². The molecule has 3 aromatic heterocycles. The number of thiazole rings is 1. The Balaban J connectivity index is 1.53. The van der Waals surface area contributed by atoms with Crippen LogP contribution in [0.3, 0.4) is 0 Å². The van der Waals surface area contributed by atoms with Crippen LogP contribution in [0.2, 0.25) is 0 Å². The lowest BCUT2D eigenvalue weighted by Crippen LogP contribution is -2.38. The molecule has 1 N–H and O–H groups in total. The predicted molar refractivity (Wildman–Crippen MR) is 128 cm³/mol. The summed E-state index contributed by atoms with van der Waals surface area (Å²) >= 11 is 1.33. The molecule has 10 heteroatoms. The maximum Gasteiger partial charge on any atom is 0.332 e. The number of carbonyl (C=O) groups excluding carboxylic acids is 1. The zero-order chi connectivity index (χ0) is 23.7. The Morgan fingerprint density at radius 3 is 2.55 bits per heavy atom. The van der Waals surface area contributed by atoms with Crippen molar-refractivity contribution < 1.29 is 4.79 Å². The van der Waals surface area contributed by atoms with E-state index >= 15 is 0 Å². The molecule has 0 unspecified atom stereocenters. The van der Waals surface area contributed by atoms with Crippen molar-refractivity contribution in [1.82, 2.24) is 24.3 Å². The molecule has 3 heterocycles. The number of carbonyl (C=O) groups is 1. The fraction of sp³-hybridized carbons (Fsp3) is 0.304. The third kappa shape index (κ3) is 4.61. The molecule has 0 saturated carbocycles. The molecule has 33 heavy (non-hydrogen) atoms. The van der Waals surface area contributed by atoms with E-state index in [1.807, 2.05) is 17.5 Å². The van der Waals surface area contributed by atoms with E-state index in [0.29, 0.717) is 16.6 Å². The van der Waals surface area contributed by atoms with Crippen molar-refractivity contribution in [3.63, 3.8) is 0 Å². The standard InChI is InChI=1S/C23H24N6O3S/c1-13(2)9-14-5-7-15(8-6-14)17-12-33-22(25-17)26-18(30)10-16-11-24-27-20-19(16)21(31)29(4)23(32)28(20)3/h5-8,11-13H,9-10H2,1-4H3,(H,25,26,30). The van der Waals surface area contributed by atoms with E-state index < -0.39 is 11.2 Å². The van der Waals surface area contributed by atoms with Crippen molar-refractivity contribution in [3.8, 4) is 11.3 Å². The summed E-state index contributed by atoms with van der Waals surface area (Å²) in [6.07, 6.45) is 2.30. The van der Waals surface area contributed by atoms with Crippen LogP contribution in [0.4, 0.5) is 5.13 Å². The predicted octanol–water partition coefficient (Wildman–Crippen LogP) is 2.53. The quantitative estimate of drug-likeness (QED) is 0.469. The zero-order valence-corrected chi connectivity index (χ0v) is 19.6. The Kier molecular flexibility index (Phi) is 6.19. The topological polar surface area (TPSA) is 112 Å². The third-order valence-corrected chi connectivity index (χ3v) is 6.07. The van der Waals surface area contributed by atoms with Gasteiger partial charge in [-0.15, -0.1) is 16.4 Å². The van der Waals surface area contributed by atoms with E-state index in [1.165, 1.54) is 41.8 Å². The van der Waals surface area contributed by atoms with Gasteiger partial charge in [-0.3, -0.25) is 18.7 Å². The minimum atomic E-state index is -0.511. The van der Waals surface area contributed by atoms with Gasteiger partial charge in [0.1, 0.15) is 0 Å². The van der Waals surface area contributed by atoms with Gasteiger partial charge in [-0.25, -0.2) is 9.78 Å². The summed E-state index contributed by atoms with van der Waals surface area (Å²) in [5.74, 6) is 0.253. The highest BCUT2D eigenvalue weighted by molar-refractivity contribution is 7.14. The second-order valence-corrected chi connectivity index (χ2v) is 9.19. The highest BCUT2D eigenvalue weighted by Crippen LogP contribution is 2.26. The molecule has 0 aliphatic carbocycles. The molecule has 1 amide bonds. The van der Waals surface area contributed by atoms with Gasteiger partial charge in [0.2, 0.25) is 5.91 Å². The van der Waals surface area contributed by atoms with Crippen LogP contribution >= 0.6 is 11.3 Å². The van der Waals surface area contributed by atoms with Crippen LogP contribution in [0.25, 0.3) is 22.3 Å². The van der Waals surface area contributed by atoms with Gasteiger partial charge < -0.3 is 5.32 Å². The first-order chi connectivity index (χ1) is 15.7. The number of benzene rings is 1. The lowest BCUT2D eigenvalue weighted by molar-refractivity contribution is -0.115. The first-order valence-electron chi connectivity index (χ1n) is 10.5. The van der Waals surface area contributed by atoms with E-state index in [-0.39, 0.29) is 23.4 Å². The number of hydrogen-bond acceptors (Lipinski definition) is 7. The molecule has 4 rings (SSSR count). The van der Waals surface area contributed by atoms with Crippen LogP contribution in [0.5, 0.6) is 0 Å². The van der Waals surface area contributed by atoms with E-state index in [2.05, 4.69) is 46.5 Å². The van der Waals surface area contributed by atoms with Crippen molar-refractivity contribution in [1.29, 1.82) is 0 Å². The summed E-state index contributed by atoms with van der Waals surface area (Å²) < 4.78 is 2.23. The van der Waals surface area contributed by atoms with Crippen molar-refractivity contribution in [3.05, 3.63) is 67.8 Å². The molecule has 4 aromatic rings. The van der Waals surface area contributed by atoms with Gasteiger partial charge in [0, 0.05) is 25.0 Å². The molecule has 0 saturated heterocycles. The summed E-state index contributed by atoms with van der Waals surface area (Å²) in [5.41, 5.74) is 2.56. The highest BCUT2D eigenvalue weighted by atomic mass is 32.1. The summed E-state index contributed by atoms with van der Waals surface area (Å²) in [7, 11) is 2.90. The largest absolute Gasteiger partial charge is 0.332 e. The molecule has 0 bridgehead atoms. The molecule has 0 aliphatic heterocycles. The maximum atomic E-state index is 12.7. The Morgan fingerprint density at radius 1 is 1.12 bits per heavy atom. The van der Waals surface area contributed by atoms with Crippen molar-refractivity contribution in [2.45, 2.75) is 26.7 Å². The van der Waals surface area contributed by atoms with Crippen LogP contribution in [0.15, 0.2) is 45.4 Å². The van der Waals surface area contributed by atoms with E-state index in [1.54, 1.807) is 0 Å². The number of hydrogen-bond donors (Lipinski definition) is 1. The second-order valence-electron chi connectivity index (χ2n) is 8.33. The average molecular weight is 465 g/mol. The van der Waals surface area contributed by atoms with Gasteiger partial charge in [0.25, 0.3) is 5.56 Å². The molecular weight excluding hydrogens is 440 g/mol. The monoisotopic (exact) mass is 464 g/mol.